The Kier molecular flexibility index (Phi) is 6.09. The number of nitrogens with zero attached hydrogens (tertiary/aromatic N) is 1. The van der Waals surface area contributed by atoms with Gasteiger partial charge in [0.2, 0.25) is 0 Å². The number of aliphatic carboxylic acids is 1. The van der Waals surface area contributed by atoms with Crippen LogP contribution in [0.15, 0.2) is 0 Å². The summed E-state index contributed by atoms with van der Waals surface area (Å²) < 4.78 is 0. The van der Waals surface area contributed by atoms with Crippen molar-refractivity contribution in [1.82, 2.24) is 10.2 Å². The maximum atomic E-state index is 11.4. The molecule has 0 spiro atoms. The Labute approximate surface area is 111 Å². The number of likely N-dealkylation sites (N-methyl/N-ethyl adjacent to an activating group) is 1. The van der Waals surface area contributed by atoms with Crippen LogP contribution in [0.2, 0.25) is 0 Å². The van der Waals surface area contributed by atoms with E-state index in [1.165, 1.54) is 19.4 Å². The minimum Gasteiger partial charge on any atom is -0.480 e. The average Bonchev–Trinajstić information content (AvgIpc) is 3.11. The molecule has 1 aliphatic carbocycles. The molecule has 4 heteroatoms. The average molecular weight is 256 g/mol. The van der Waals surface area contributed by atoms with Gasteiger partial charge in [0.25, 0.3) is 0 Å². The standard InChI is InChI=1S/C14H28N2O2/c1-4-14(13(17)18,15-5-2)9-6-10-16(3)11-12-7-8-12/h12,15H,4-11H2,1-3H3,(H,17,18). The second-order valence-corrected chi connectivity index (χ2v) is 5.58. The van der Waals surface area contributed by atoms with Crippen LogP contribution in [0.4, 0.5) is 0 Å². The number of nitrogens with one attached hydrogen (secondary N) is 1. The lowest BCUT2D eigenvalue weighted by Gasteiger charge is -2.30. The first-order valence-corrected chi connectivity index (χ1v) is 7.21. The van der Waals surface area contributed by atoms with Crippen LogP contribution in [0, 0.1) is 5.92 Å². The van der Waals surface area contributed by atoms with Gasteiger partial charge in [-0.1, -0.05) is 13.8 Å². The summed E-state index contributed by atoms with van der Waals surface area (Å²) >= 11 is 0. The molecule has 0 amide bonds. The van der Waals surface area contributed by atoms with Gasteiger partial charge >= 0.3 is 5.97 Å². The molecule has 1 aliphatic rings. The Balaban J connectivity index is 2.33. The maximum Gasteiger partial charge on any atom is 0.323 e. The molecule has 0 bridgehead atoms. The smallest absolute Gasteiger partial charge is 0.323 e. The van der Waals surface area contributed by atoms with Crippen molar-refractivity contribution in [2.75, 3.05) is 26.7 Å². The Morgan fingerprint density at radius 1 is 1.44 bits per heavy atom. The van der Waals surface area contributed by atoms with Crippen LogP contribution in [0.1, 0.15) is 46.0 Å². The van der Waals surface area contributed by atoms with Crippen molar-refractivity contribution in [1.29, 1.82) is 0 Å². The van der Waals surface area contributed by atoms with E-state index in [9.17, 15) is 9.90 Å². The summed E-state index contributed by atoms with van der Waals surface area (Å²) in [6.45, 7) is 6.79. The van der Waals surface area contributed by atoms with Crippen LogP contribution in [0.3, 0.4) is 0 Å². The lowest BCUT2D eigenvalue weighted by molar-refractivity contribution is -0.145. The third-order valence-corrected chi connectivity index (χ3v) is 3.94. The van der Waals surface area contributed by atoms with E-state index < -0.39 is 11.5 Å². The third kappa shape index (κ3) is 4.58. The fraction of sp³-hybridized carbons (Fsp3) is 0.929. The highest BCUT2D eigenvalue weighted by molar-refractivity contribution is 5.78. The monoisotopic (exact) mass is 256 g/mol. The Morgan fingerprint density at radius 2 is 2.11 bits per heavy atom. The number of rotatable bonds is 10. The van der Waals surface area contributed by atoms with Gasteiger partial charge in [-0.05, 0) is 58.2 Å². The molecule has 1 saturated carbocycles. The van der Waals surface area contributed by atoms with Gasteiger partial charge < -0.3 is 15.3 Å². The van der Waals surface area contributed by atoms with Gasteiger partial charge in [0, 0.05) is 6.54 Å². The van der Waals surface area contributed by atoms with Gasteiger partial charge in [-0.25, -0.2) is 0 Å². The van der Waals surface area contributed by atoms with E-state index in [0.29, 0.717) is 19.4 Å². The molecule has 4 nitrogen and oxygen atoms in total. The first-order chi connectivity index (χ1) is 8.54. The van der Waals surface area contributed by atoms with Crippen molar-refractivity contribution in [3.63, 3.8) is 0 Å². The zero-order valence-corrected chi connectivity index (χ0v) is 12.0. The van der Waals surface area contributed by atoms with Crippen LogP contribution in [0.25, 0.3) is 0 Å². The highest BCUT2D eigenvalue weighted by Gasteiger charge is 2.35. The minimum atomic E-state index is -0.727. The van der Waals surface area contributed by atoms with Crippen LogP contribution in [0.5, 0.6) is 0 Å². The zero-order valence-electron chi connectivity index (χ0n) is 12.0. The van der Waals surface area contributed by atoms with Crippen molar-refractivity contribution in [3.8, 4) is 0 Å². The molecule has 2 N–H and O–H groups in total. The molecule has 1 fully saturated rings. The van der Waals surface area contributed by atoms with Crippen molar-refractivity contribution in [2.24, 2.45) is 5.92 Å². The SMILES string of the molecule is CCNC(CC)(CCCN(C)CC1CC1)C(=O)O. The molecule has 0 aromatic carbocycles. The summed E-state index contributed by atoms with van der Waals surface area (Å²) in [5.74, 6) is 0.191. The number of carbonyl (C=O) groups is 1. The highest BCUT2D eigenvalue weighted by Crippen LogP contribution is 2.29. The van der Waals surface area contributed by atoms with E-state index in [-0.39, 0.29) is 0 Å². The van der Waals surface area contributed by atoms with Gasteiger partial charge in [0.15, 0.2) is 0 Å². The molecule has 106 valence electrons. The second kappa shape index (κ2) is 7.10. The van der Waals surface area contributed by atoms with Crippen LogP contribution in [-0.2, 0) is 4.79 Å². The predicted molar refractivity (Wildman–Crippen MR) is 73.8 cm³/mol. The molecule has 1 atom stereocenters. The molecule has 0 aromatic heterocycles. The lowest BCUT2D eigenvalue weighted by atomic mass is 9.90. The van der Waals surface area contributed by atoms with Gasteiger partial charge in [0.1, 0.15) is 5.54 Å². The fourth-order valence-corrected chi connectivity index (χ4v) is 2.55. The van der Waals surface area contributed by atoms with Crippen molar-refractivity contribution in [3.05, 3.63) is 0 Å². The molecule has 0 aromatic rings. The quantitative estimate of drug-likeness (QED) is 0.627. The summed E-state index contributed by atoms with van der Waals surface area (Å²) in [6, 6.07) is 0. The summed E-state index contributed by atoms with van der Waals surface area (Å²) in [4.78, 5) is 13.8. The molecule has 0 aliphatic heterocycles. The first-order valence-electron chi connectivity index (χ1n) is 7.21. The third-order valence-electron chi connectivity index (χ3n) is 3.94. The molecule has 18 heavy (non-hydrogen) atoms. The van der Waals surface area contributed by atoms with E-state index >= 15 is 0 Å². The number of hydrogen-bond acceptors (Lipinski definition) is 3. The Hall–Kier alpha value is -0.610. The first kappa shape index (κ1) is 15.4. The Bertz CT molecular complexity index is 267. The summed E-state index contributed by atoms with van der Waals surface area (Å²) in [5, 5.41) is 12.6. The van der Waals surface area contributed by atoms with E-state index in [4.69, 9.17) is 0 Å². The zero-order chi connectivity index (χ0) is 13.6. The van der Waals surface area contributed by atoms with Crippen molar-refractivity contribution in [2.45, 2.75) is 51.5 Å². The normalized spacial score (nSPS) is 18.9. The van der Waals surface area contributed by atoms with E-state index in [1.54, 1.807) is 0 Å². The van der Waals surface area contributed by atoms with Gasteiger partial charge in [-0.15, -0.1) is 0 Å². The molecular weight excluding hydrogens is 228 g/mol. The van der Waals surface area contributed by atoms with Gasteiger partial charge in [0.05, 0.1) is 0 Å². The van der Waals surface area contributed by atoms with Crippen LogP contribution >= 0.6 is 0 Å². The topological polar surface area (TPSA) is 52.6 Å². The summed E-state index contributed by atoms with van der Waals surface area (Å²) in [5.41, 5.74) is -0.727. The second-order valence-electron chi connectivity index (χ2n) is 5.58. The van der Waals surface area contributed by atoms with Gasteiger partial charge in [-0.2, -0.15) is 0 Å². The van der Waals surface area contributed by atoms with Crippen LogP contribution < -0.4 is 5.32 Å². The highest BCUT2D eigenvalue weighted by atomic mass is 16.4. The fourth-order valence-electron chi connectivity index (χ4n) is 2.55. The molecule has 1 unspecified atom stereocenters. The number of hydrogen-bond donors (Lipinski definition) is 2. The molecule has 1 rings (SSSR count). The molecule has 0 radical (unpaired) electrons. The maximum absolute atomic E-state index is 11.4. The van der Waals surface area contributed by atoms with Crippen molar-refractivity contribution >= 4 is 5.97 Å². The largest absolute Gasteiger partial charge is 0.480 e. The van der Waals surface area contributed by atoms with Crippen molar-refractivity contribution < 1.29 is 9.90 Å². The van der Waals surface area contributed by atoms with E-state index in [2.05, 4.69) is 17.3 Å². The minimum absolute atomic E-state index is 0.641. The summed E-state index contributed by atoms with van der Waals surface area (Å²) in [6.07, 6.45) is 5.03. The molecular formula is C14H28N2O2. The summed E-state index contributed by atoms with van der Waals surface area (Å²) in [7, 11) is 2.14. The number of carboxylic acid groups (broad SMARTS) is 1. The lowest BCUT2D eigenvalue weighted by Crippen LogP contribution is -2.51. The Morgan fingerprint density at radius 3 is 2.56 bits per heavy atom. The number of carboxylic acids is 1. The molecule has 0 heterocycles. The predicted octanol–water partition coefficient (Wildman–Crippen LogP) is 1.95. The van der Waals surface area contributed by atoms with E-state index in [1.807, 2.05) is 13.8 Å². The van der Waals surface area contributed by atoms with E-state index in [0.717, 1.165) is 18.9 Å². The molecule has 0 saturated heterocycles. The van der Waals surface area contributed by atoms with Gasteiger partial charge in [-0.3, -0.25) is 4.79 Å². The van der Waals surface area contributed by atoms with Crippen LogP contribution in [-0.4, -0.2) is 48.2 Å².